The first kappa shape index (κ1) is 18.2. The summed E-state index contributed by atoms with van der Waals surface area (Å²) in [6.45, 7) is 3.33. The van der Waals surface area contributed by atoms with Crippen molar-refractivity contribution in [1.82, 2.24) is 10.2 Å². The van der Waals surface area contributed by atoms with E-state index in [1.54, 1.807) is 6.07 Å². The Morgan fingerprint density at radius 3 is 2.72 bits per heavy atom. The molecule has 1 N–H and O–H groups in total. The van der Waals surface area contributed by atoms with E-state index in [1.165, 1.54) is 11.1 Å². The zero-order chi connectivity index (χ0) is 17.6. The Labute approximate surface area is 158 Å². The minimum atomic E-state index is 0.0870. The molecule has 0 saturated heterocycles. The molecule has 2 aromatic carbocycles. The zero-order valence-corrected chi connectivity index (χ0v) is 15.6. The summed E-state index contributed by atoms with van der Waals surface area (Å²) in [5, 5.41) is 4.25. The first-order valence-electron chi connectivity index (χ1n) is 8.61. The molecule has 1 aliphatic rings. The van der Waals surface area contributed by atoms with Gasteiger partial charge in [0, 0.05) is 42.6 Å². The van der Waals surface area contributed by atoms with E-state index in [0.29, 0.717) is 29.4 Å². The highest BCUT2D eigenvalue weighted by Crippen LogP contribution is 2.21. The van der Waals surface area contributed by atoms with Gasteiger partial charge in [0.2, 0.25) is 5.91 Å². The van der Waals surface area contributed by atoms with E-state index in [1.807, 2.05) is 12.1 Å². The van der Waals surface area contributed by atoms with Crippen molar-refractivity contribution in [3.63, 3.8) is 0 Å². The number of carbonyl (C=O) groups excluding carboxylic acids is 1. The van der Waals surface area contributed by atoms with E-state index in [9.17, 15) is 4.79 Å². The highest BCUT2D eigenvalue weighted by molar-refractivity contribution is 6.35. The second kappa shape index (κ2) is 8.70. The summed E-state index contributed by atoms with van der Waals surface area (Å²) in [6, 6.07) is 14.0. The van der Waals surface area contributed by atoms with Crippen LogP contribution in [0.2, 0.25) is 10.0 Å². The van der Waals surface area contributed by atoms with E-state index >= 15 is 0 Å². The van der Waals surface area contributed by atoms with Crippen LogP contribution in [0.5, 0.6) is 0 Å². The van der Waals surface area contributed by atoms with Gasteiger partial charge in [-0.1, -0.05) is 53.5 Å². The Balaban J connectivity index is 1.39. The minimum Gasteiger partial charge on any atom is -0.356 e. The number of rotatable bonds is 6. The van der Waals surface area contributed by atoms with Gasteiger partial charge in [0.25, 0.3) is 0 Å². The molecule has 0 aliphatic carbocycles. The molecule has 2 aromatic rings. The summed E-state index contributed by atoms with van der Waals surface area (Å²) in [7, 11) is 0. The quantitative estimate of drug-likeness (QED) is 0.822. The predicted octanol–water partition coefficient (Wildman–Crippen LogP) is 4.10. The van der Waals surface area contributed by atoms with Gasteiger partial charge in [0.05, 0.1) is 0 Å². The Morgan fingerprint density at radius 2 is 1.92 bits per heavy atom. The average molecular weight is 377 g/mol. The van der Waals surface area contributed by atoms with Crippen LogP contribution in [-0.2, 0) is 24.2 Å². The van der Waals surface area contributed by atoms with Crippen LogP contribution >= 0.6 is 23.2 Å². The van der Waals surface area contributed by atoms with Gasteiger partial charge in [0.1, 0.15) is 0 Å². The molecule has 0 spiro atoms. The third-order valence-electron chi connectivity index (χ3n) is 4.60. The lowest BCUT2D eigenvalue weighted by Crippen LogP contribution is -2.35. The molecule has 5 heteroatoms. The molecule has 0 fully saturated rings. The number of carbonyl (C=O) groups is 1. The van der Waals surface area contributed by atoms with E-state index in [2.05, 4.69) is 34.5 Å². The molecule has 0 radical (unpaired) electrons. The number of amides is 1. The SMILES string of the molecule is O=C(CCN1CCc2ccccc2C1)NCCc1ccc(Cl)cc1Cl. The fourth-order valence-electron chi connectivity index (χ4n) is 3.15. The predicted molar refractivity (Wildman–Crippen MR) is 103 cm³/mol. The second-order valence-corrected chi connectivity index (χ2v) is 7.22. The molecule has 0 bridgehead atoms. The molecular formula is C20H22Cl2N2O. The van der Waals surface area contributed by atoms with Crippen molar-refractivity contribution >= 4 is 29.1 Å². The van der Waals surface area contributed by atoms with Crippen molar-refractivity contribution in [2.45, 2.75) is 25.8 Å². The first-order chi connectivity index (χ1) is 12.1. The van der Waals surface area contributed by atoms with Crippen molar-refractivity contribution in [2.24, 2.45) is 0 Å². The van der Waals surface area contributed by atoms with Gasteiger partial charge in [-0.3, -0.25) is 9.69 Å². The van der Waals surface area contributed by atoms with E-state index in [4.69, 9.17) is 23.2 Å². The van der Waals surface area contributed by atoms with Gasteiger partial charge in [-0.05, 0) is 41.7 Å². The Hall–Kier alpha value is -1.55. The van der Waals surface area contributed by atoms with E-state index < -0.39 is 0 Å². The summed E-state index contributed by atoms with van der Waals surface area (Å²) >= 11 is 12.0. The zero-order valence-electron chi connectivity index (χ0n) is 14.1. The smallest absolute Gasteiger partial charge is 0.221 e. The number of nitrogens with one attached hydrogen (secondary N) is 1. The minimum absolute atomic E-state index is 0.0870. The fourth-order valence-corrected chi connectivity index (χ4v) is 3.66. The molecule has 0 saturated carbocycles. The van der Waals surface area contributed by atoms with Crippen LogP contribution in [0.3, 0.4) is 0 Å². The number of hydrogen-bond donors (Lipinski definition) is 1. The van der Waals surface area contributed by atoms with Crippen LogP contribution in [0.25, 0.3) is 0 Å². The van der Waals surface area contributed by atoms with Crippen molar-refractivity contribution in [1.29, 1.82) is 0 Å². The lowest BCUT2D eigenvalue weighted by atomic mass is 10.00. The van der Waals surface area contributed by atoms with Crippen molar-refractivity contribution in [2.75, 3.05) is 19.6 Å². The molecule has 132 valence electrons. The van der Waals surface area contributed by atoms with Crippen molar-refractivity contribution in [3.05, 3.63) is 69.2 Å². The highest BCUT2D eigenvalue weighted by atomic mass is 35.5. The monoisotopic (exact) mass is 376 g/mol. The molecule has 0 atom stereocenters. The fraction of sp³-hybridized carbons (Fsp3) is 0.350. The largest absolute Gasteiger partial charge is 0.356 e. The Morgan fingerprint density at radius 1 is 1.12 bits per heavy atom. The molecule has 0 aromatic heterocycles. The molecule has 3 nitrogen and oxygen atoms in total. The van der Waals surface area contributed by atoms with Crippen LogP contribution < -0.4 is 5.32 Å². The lowest BCUT2D eigenvalue weighted by molar-refractivity contribution is -0.121. The topological polar surface area (TPSA) is 32.3 Å². The standard InChI is InChI=1S/C20H22Cl2N2O/c21-18-6-5-16(19(22)13-18)7-10-23-20(25)9-12-24-11-8-15-3-1-2-4-17(15)14-24/h1-6,13H,7-12,14H2,(H,23,25). The highest BCUT2D eigenvalue weighted by Gasteiger charge is 2.16. The summed E-state index contributed by atoms with van der Waals surface area (Å²) in [5.74, 6) is 0.0870. The van der Waals surface area contributed by atoms with E-state index in [-0.39, 0.29) is 5.91 Å². The van der Waals surface area contributed by atoms with Gasteiger partial charge in [-0.25, -0.2) is 0 Å². The van der Waals surface area contributed by atoms with Gasteiger partial charge in [0.15, 0.2) is 0 Å². The van der Waals surface area contributed by atoms with Gasteiger partial charge in [-0.2, -0.15) is 0 Å². The maximum atomic E-state index is 12.1. The van der Waals surface area contributed by atoms with Crippen LogP contribution in [0.1, 0.15) is 23.1 Å². The first-order valence-corrected chi connectivity index (χ1v) is 9.37. The molecule has 1 amide bonds. The third kappa shape index (κ3) is 5.21. The number of nitrogens with zero attached hydrogens (tertiary/aromatic N) is 1. The second-order valence-electron chi connectivity index (χ2n) is 6.38. The summed E-state index contributed by atoms with van der Waals surface area (Å²) < 4.78 is 0. The van der Waals surface area contributed by atoms with E-state index in [0.717, 1.165) is 31.6 Å². The van der Waals surface area contributed by atoms with Gasteiger partial charge < -0.3 is 5.32 Å². The molecule has 1 aliphatic heterocycles. The van der Waals surface area contributed by atoms with Crippen LogP contribution in [0.4, 0.5) is 0 Å². The normalized spacial score (nSPS) is 14.2. The molecular weight excluding hydrogens is 355 g/mol. The van der Waals surface area contributed by atoms with Crippen LogP contribution in [0, 0.1) is 0 Å². The van der Waals surface area contributed by atoms with Gasteiger partial charge in [-0.15, -0.1) is 0 Å². The summed E-state index contributed by atoms with van der Waals surface area (Å²) in [6.07, 6.45) is 2.29. The Bertz CT molecular complexity index is 748. The Kier molecular flexibility index (Phi) is 6.35. The summed E-state index contributed by atoms with van der Waals surface area (Å²) in [4.78, 5) is 14.4. The molecule has 25 heavy (non-hydrogen) atoms. The van der Waals surface area contributed by atoms with Crippen molar-refractivity contribution < 1.29 is 4.79 Å². The summed E-state index contributed by atoms with van der Waals surface area (Å²) in [5.41, 5.74) is 3.81. The van der Waals surface area contributed by atoms with Gasteiger partial charge >= 0.3 is 0 Å². The molecule has 1 heterocycles. The van der Waals surface area contributed by atoms with Crippen molar-refractivity contribution in [3.8, 4) is 0 Å². The maximum Gasteiger partial charge on any atom is 0.221 e. The number of hydrogen-bond acceptors (Lipinski definition) is 2. The lowest BCUT2D eigenvalue weighted by Gasteiger charge is -2.28. The molecule has 0 unspecified atom stereocenters. The van der Waals surface area contributed by atoms with Crippen LogP contribution in [-0.4, -0.2) is 30.4 Å². The number of halogens is 2. The van der Waals surface area contributed by atoms with Crippen LogP contribution in [0.15, 0.2) is 42.5 Å². The number of benzene rings is 2. The average Bonchev–Trinajstić information content (AvgIpc) is 2.61. The third-order valence-corrected chi connectivity index (χ3v) is 5.18. The maximum absolute atomic E-state index is 12.1. The number of fused-ring (bicyclic) bond motifs is 1. The molecule has 3 rings (SSSR count).